The first-order valence-electron chi connectivity index (χ1n) is 12.8. The standard InChI is InChI=1S/C25H28F2N8O5/c1-15(36)29-11-17-13-35(25(39)40-17)16-9-18(26)22(19(27)10-16)33-7-5-32(6-8-33)21(37)12-30-23(38)20-14-34-4-2-3-28-24(34)31-20/h2-4,9-10,17,20H,5-8,11-14H2,1H3,(H,29,36)(H,30,38). The quantitative estimate of drug-likeness (QED) is 0.474. The van der Waals surface area contributed by atoms with Gasteiger partial charge in [-0.05, 0) is 6.08 Å². The molecule has 40 heavy (non-hydrogen) atoms. The van der Waals surface area contributed by atoms with Gasteiger partial charge in [0.1, 0.15) is 11.8 Å². The number of piperazine rings is 1. The van der Waals surface area contributed by atoms with Crippen molar-refractivity contribution in [3.63, 3.8) is 0 Å². The van der Waals surface area contributed by atoms with Gasteiger partial charge in [0, 0.05) is 57.7 Å². The number of guanidine groups is 1. The van der Waals surface area contributed by atoms with E-state index in [0.29, 0.717) is 12.5 Å². The summed E-state index contributed by atoms with van der Waals surface area (Å²) in [6.07, 6.45) is 3.69. The number of benzene rings is 1. The van der Waals surface area contributed by atoms with E-state index in [-0.39, 0.29) is 74.9 Å². The number of aliphatic imine (C=N–C) groups is 2. The highest BCUT2D eigenvalue weighted by atomic mass is 19.1. The largest absolute Gasteiger partial charge is 0.442 e. The Morgan fingerprint density at radius 1 is 1.07 bits per heavy atom. The first-order chi connectivity index (χ1) is 19.2. The summed E-state index contributed by atoms with van der Waals surface area (Å²) in [4.78, 5) is 62.7. The van der Waals surface area contributed by atoms with E-state index in [9.17, 15) is 19.2 Å². The van der Waals surface area contributed by atoms with Gasteiger partial charge in [-0.25, -0.2) is 23.6 Å². The van der Waals surface area contributed by atoms with Crippen molar-refractivity contribution in [1.82, 2.24) is 20.4 Å². The van der Waals surface area contributed by atoms with Crippen LogP contribution in [0, 0.1) is 11.6 Å². The van der Waals surface area contributed by atoms with Crippen LogP contribution in [0.5, 0.6) is 0 Å². The topological polar surface area (TPSA) is 139 Å². The number of halogens is 2. The van der Waals surface area contributed by atoms with Gasteiger partial charge < -0.3 is 30.1 Å². The first kappa shape index (κ1) is 27.0. The van der Waals surface area contributed by atoms with Crippen LogP contribution in [0.2, 0.25) is 0 Å². The van der Waals surface area contributed by atoms with E-state index < -0.39 is 29.9 Å². The van der Waals surface area contributed by atoms with Gasteiger partial charge >= 0.3 is 6.09 Å². The van der Waals surface area contributed by atoms with E-state index in [1.54, 1.807) is 23.4 Å². The molecule has 0 radical (unpaired) electrons. The van der Waals surface area contributed by atoms with E-state index in [2.05, 4.69) is 20.6 Å². The third kappa shape index (κ3) is 5.72. The minimum absolute atomic E-state index is 0.00454. The van der Waals surface area contributed by atoms with Crippen LogP contribution in [0.1, 0.15) is 6.92 Å². The number of nitrogens with one attached hydrogen (secondary N) is 2. The fourth-order valence-corrected chi connectivity index (χ4v) is 4.83. The zero-order valence-electron chi connectivity index (χ0n) is 21.7. The van der Waals surface area contributed by atoms with E-state index in [1.165, 1.54) is 16.7 Å². The predicted molar refractivity (Wildman–Crippen MR) is 140 cm³/mol. The molecule has 212 valence electrons. The third-order valence-corrected chi connectivity index (χ3v) is 6.87. The van der Waals surface area contributed by atoms with Crippen LogP contribution in [0.3, 0.4) is 0 Å². The number of nitrogens with zero attached hydrogens (tertiary/aromatic N) is 6. The number of hydrogen-bond donors (Lipinski definition) is 2. The van der Waals surface area contributed by atoms with Gasteiger partial charge in [-0.3, -0.25) is 19.3 Å². The monoisotopic (exact) mass is 558 g/mol. The van der Waals surface area contributed by atoms with Crippen LogP contribution < -0.4 is 20.4 Å². The minimum atomic E-state index is -0.853. The van der Waals surface area contributed by atoms with Gasteiger partial charge in [-0.2, -0.15) is 0 Å². The van der Waals surface area contributed by atoms with E-state index >= 15 is 8.78 Å². The Balaban J connectivity index is 1.13. The minimum Gasteiger partial charge on any atom is -0.442 e. The molecule has 0 spiro atoms. The van der Waals surface area contributed by atoms with Gasteiger partial charge in [0.05, 0.1) is 31.9 Å². The second-order valence-electron chi connectivity index (χ2n) is 9.61. The fraction of sp³-hybridized carbons (Fsp3) is 0.440. The number of amides is 4. The van der Waals surface area contributed by atoms with E-state index in [4.69, 9.17) is 4.74 Å². The average Bonchev–Trinajstić information content (AvgIpc) is 3.53. The van der Waals surface area contributed by atoms with E-state index in [0.717, 1.165) is 17.0 Å². The number of hydrogen-bond acceptors (Lipinski definition) is 9. The Bertz CT molecular complexity index is 1290. The molecule has 13 nitrogen and oxygen atoms in total. The highest BCUT2D eigenvalue weighted by molar-refractivity contribution is 5.98. The normalized spacial score (nSPS) is 21.8. The van der Waals surface area contributed by atoms with Crippen molar-refractivity contribution >= 4 is 47.4 Å². The average molecular weight is 559 g/mol. The van der Waals surface area contributed by atoms with Crippen LogP contribution in [0.25, 0.3) is 0 Å². The van der Waals surface area contributed by atoms with Crippen LogP contribution in [-0.4, -0.2) is 110 Å². The Morgan fingerprint density at radius 3 is 2.48 bits per heavy atom. The van der Waals surface area contributed by atoms with Gasteiger partial charge in [0.15, 0.2) is 17.7 Å². The zero-order chi connectivity index (χ0) is 28.4. The maximum absolute atomic E-state index is 15.1. The molecule has 0 aromatic heterocycles. The molecule has 1 aromatic carbocycles. The van der Waals surface area contributed by atoms with Crippen molar-refractivity contribution < 1.29 is 32.7 Å². The highest BCUT2D eigenvalue weighted by Gasteiger charge is 2.34. The number of cyclic esters (lactones) is 1. The fourth-order valence-electron chi connectivity index (χ4n) is 4.83. The highest BCUT2D eigenvalue weighted by Crippen LogP contribution is 2.31. The number of rotatable bonds is 7. The Labute approximate surface area is 228 Å². The maximum Gasteiger partial charge on any atom is 0.414 e. The van der Waals surface area contributed by atoms with Gasteiger partial charge in [0.2, 0.25) is 23.7 Å². The molecule has 4 amide bonds. The van der Waals surface area contributed by atoms with Crippen molar-refractivity contribution in [2.75, 3.05) is 62.2 Å². The summed E-state index contributed by atoms with van der Waals surface area (Å²) in [5.74, 6) is -2.24. The second-order valence-corrected chi connectivity index (χ2v) is 9.61. The molecule has 2 N–H and O–H groups in total. The smallest absolute Gasteiger partial charge is 0.414 e. The summed E-state index contributed by atoms with van der Waals surface area (Å²) in [5.41, 5.74) is -0.245. The second kappa shape index (κ2) is 11.3. The molecule has 2 fully saturated rings. The molecule has 4 aliphatic rings. The van der Waals surface area contributed by atoms with E-state index in [1.807, 2.05) is 0 Å². The number of allylic oxidation sites excluding steroid dienone is 1. The summed E-state index contributed by atoms with van der Waals surface area (Å²) in [6.45, 7) is 2.34. The molecular formula is C25H28F2N8O5. The van der Waals surface area contributed by atoms with Crippen LogP contribution >= 0.6 is 0 Å². The summed E-state index contributed by atoms with van der Waals surface area (Å²) in [6, 6.07) is 1.46. The number of carbonyl (C=O) groups excluding carboxylic acids is 4. The predicted octanol–water partition coefficient (Wildman–Crippen LogP) is -0.171. The zero-order valence-corrected chi connectivity index (χ0v) is 21.7. The molecule has 1 aromatic rings. The van der Waals surface area contributed by atoms with Crippen molar-refractivity contribution in [1.29, 1.82) is 0 Å². The first-order valence-corrected chi connectivity index (χ1v) is 12.8. The van der Waals surface area contributed by atoms with Gasteiger partial charge in [-0.1, -0.05) is 0 Å². The lowest BCUT2D eigenvalue weighted by Gasteiger charge is -2.36. The lowest BCUT2D eigenvalue weighted by molar-refractivity contribution is -0.133. The van der Waals surface area contributed by atoms with Crippen molar-refractivity contribution in [2.45, 2.75) is 19.1 Å². The molecule has 0 saturated carbocycles. The molecule has 2 unspecified atom stereocenters. The Morgan fingerprint density at radius 2 is 1.80 bits per heavy atom. The van der Waals surface area contributed by atoms with Crippen molar-refractivity contribution in [3.05, 3.63) is 36.0 Å². The summed E-state index contributed by atoms with van der Waals surface area (Å²) < 4.78 is 35.3. The number of fused-ring (bicyclic) bond motifs is 1. The van der Waals surface area contributed by atoms with Crippen molar-refractivity contribution in [2.24, 2.45) is 9.98 Å². The summed E-state index contributed by atoms with van der Waals surface area (Å²) >= 11 is 0. The SMILES string of the molecule is CC(=O)NCC1CN(c2cc(F)c(N3CCN(C(=O)CNC(=O)C4CN5C=CC=NC5=N4)CC3)c(F)c2)C(=O)O1. The van der Waals surface area contributed by atoms with Gasteiger partial charge in [-0.15, -0.1) is 0 Å². The molecule has 0 aliphatic carbocycles. The molecule has 15 heteroatoms. The third-order valence-electron chi connectivity index (χ3n) is 6.87. The number of carbonyl (C=O) groups is 4. The van der Waals surface area contributed by atoms with Crippen LogP contribution in [-0.2, 0) is 19.1 Å². The lowest BCUT2D eigenvalue weighted by atomic mass is 10.2. The Kier molecular flexibility index (Phi) is 7.62. The number of anilines is 2. The Hall–Kier alpha value is -4.56. The summed E-state index contributed by atoms with van der Waals surface area (Å²) in [7, 11) is 0. The van der Waals surface area contributed by atoms with Crippen molar-refractivity contribution in [3.8, 4) is 0 Å². The summed E-state index contributed by atoms with van der Waals surface area (Å²) in [5, 5.41) is 5.15. The number of ether oxygens (including phenoxy) is 1. The molecule has 0 bridgehead atoms. The molecule has 5 rings (SSSR count). The van der Waals surface area contributed by atoms with Gasteiger partial charge in [0.25, 0.3) is 0 Å². The van der Waals surface area contributed by atoms with Crippen LogP contribution in [0.15, 0.2) is 34.4 Å². The molecule has 2 saturated heterocycles. The molecular weight excluding hydrogens is 530 g/mol. The lowest BCUT2D eigenvalue weighted by Crippen LogP contribution is -2.52. The van der Waals surface area contributed by atoms with Crippen LogP contribution in [0.4, 0.5) is 25.0 Å². The molecule has 4 heterocycles. The molecule has 2 atom stereocenters. The maximum atomic E-state index is 15.1. The molecule has 4 aliphatic heterocycles.